The third-order valence-electron chi connectivity index (χ3n) is 5.79. The Morgan fingerprint density at radius 3 is 2.79 bits per heavy atom. The lowest BCUT2D eigenvalue weighted by molar-refractivity contribution is 0.0937. The molecule has 1 atom stereocenters. The molecular formula is C24H23N3OS. The van der Waals surface area contributed by atoms with E-state index in [2.05, 4.69) is 48.6 Å². The molecule has 4 nitrogen and oxygen atoms in total. The molecule has 5 heteroatoms. The van der Waals surface area contributed by atoms with Crippen LogP contribution in [0.4, 0.5) is 0 Å². The highest BCUT2D eigenvalue weighted by Crippen LogP contribution is 2.33. The van der Waals surface area contributed by atoms with Crippen molar-refractivity contribution in [3.63, 3.8) is 0 Å². The molecule has 4 aromatic rings. The summed E-state index contributed by atoms with van der Waals surface area (Å²) in [6, 6.07) is 18.7. The van der Waals surface area contributed by atoms with Crippen molar-refractivity contribution < 1.29 is 4.79 Å². The Balaban J connectivity index is 1.48. The minimum Gasteiger partial charge on any atom is -0.345 e. The van der Waals surface area contributed by atoms with E-state index in [1.54, 1.807) is 0 Å². The van der Waals surface area contributed by atoms with Crippen molar-refractivity contribution in [1.29, 1.82) is 0 Å². The first-order valence-corrected chi connectivity index (χ1v) is 10.9. The van der Waals surface area contributed by atoms with Crippen LogP contribution in [0.15, 0.2) is 54.6 Å². The summed E-state index contributed by atoms with van der Waals surface area (Å²) in [7, 11) is 0. The first kappa shape index (κ1) is 18.1. The second kappa shape index (κ2) is 7.16. The van der Waals surface area contributed by atoms with Gasteiger partial charge in [0.05, 0.1) is 22.3 Å². The quantitative estimate of drug-likeness (QED) is 0.492. The van der Waals surface area contributed by atoms with Crippen LogP contribution in [0.25, 0.3) is 15.9 Å². The first-order chi connectivity index (χ1) is 14.1. The van der Waals surface area contributed by atoms with Gasteiger partial charge in [-0.05, 0) is 61.9 Å². The van der Waals surface area contributed by atoms with Crippen LogP contribution in [0.3, 0.4) is 0 Å². The van der Waals surface area contributed by atoms with Crippen molar-refractivity contribution in [2.45, 2.75) is 39.2 Å². The largest absolute Gasteiger partial charge is 0.345 e. The minimum atomic E-state index is 0.00337. The summed E-state index contributed by atoms with van der Waals surface area (Å²) in [5.74, 6) is 0.00337. The standard InChI is InChI=1S/C24H23N3OS/c1-15-8-3-6-13-21(15)27-24-19(16(2)26-27)14-22(29-24)23(28)25-20-12-7-10-17-9-4-5-11-18(17)20/h3-6,8-9,11,13-14,20H,7,10,12H2,1-2H3,(H,25,28)/t20-/m1/s1. The molecule has 1 N–H and O–H groups in total. The molecule has 0 radical (unpaired) electrons. The molecule has 0 fully saturated rings. The van der Waals surface area contributed by atoms with Gasteiger partial charge in [0.15, 0.2) is 0 Å². The van der Waals surface area contributed by atoms with Gasteiger partial charge in [-0.15, -0.1) is 11.3 Å². The molecule has 29 heavy (non-hydrogen) atoms. The number of aromatic nitrogens is 2. The summed E-state index contributed by atoms with van der Waals surface area (Å²) in [6.07, 6.45) is 3.19. The lowest BCUT2D eigenvalue weighted by Crippen LogP contribution is -2.30. The van der Waals surface area contributed by atoms with Crippen LogP contribution >= 0.6 is 11.3 Å². The highest BCUT2D eigenvalue weighted by atomic mass is 32.1. The van der Waals surface area contributed by atoms with Crippen LogP contribution in [0.5, 0.6) is 0 Å². The van der Waals surface area contributed by atoms with Crippen LogP contribution in [-0.4, -0.2) is 15.7 Å². The average Bonchev–Trinajstić information content (AvgIpc) is 3.30. The van der Waals surface area contributed by atoms with E-state index < -0.39 is 0 Å². The van der Waals surface area contributed by atoms with Gasteiger partial charge < -0.3 is 5.32 Å². The molecule has 0 bridgehead atoms. The van der Waals surface area contributed by atoms with Crippen LogP contribution in [-0.2, 0) is 6.42 Å². The number of para-hydroxylation sites is 1. The lowest BCUT2D eigenvalue weighted by Gasteiger charge is -2.26. The number of amides is 1. The fourth-order valence-electron chi connectivity index (χ4n) is 4.26. The Kier molecular flexibility index (Phi) is 4.47. The molecule has 2 aromatic heterocycles. The summed E-state index contributed by atoms with van der Waals surface area (Å²) in [5, 5.41) is 9.04. The number of carbonyl (C=O) groups is 1. The molecule has 5 rings (SSSR count). The van der Waals surface area contributed by atoms with Gasteiger partial charge in [0.2, 0.25) is 0 Å². The van der Waals surface area contributed by atoms with Gasteiger partial charge in [-0.25, -0.2) is 4.68 Å². The van der Waals surface area contributed by atoms with Crippen LogP contribution in [0.1, 0.15) is 50.9 Å². The number of hydrogen-bond acceptors (Lipinski definition) is 3. The van der Waals surface area contributed by atoms with Crippen molar-refractivity contribution in [3.8, 4) is 5.69 Å². The number of nitrogens with one attached hydrogen (secondary N) is 1. The lowest BCUT2D eigenvalue weighted by atomic mass is 9.88. The zero-order valence-corrected chi connectivity index (χ0v) is 17.4. The predicted octanol–water partition coefficient (Wildman–Crippen LogP) is 5.51. The van der Waals surface area contributed by atoms with E-state index in [0.29, 0.717) is 0 Å². The summed E-state index contributed by atoms with van der Waals surface area (Å²) < 4.78 is 1.97. The van der Waals surface area contributed by atoms with E-state index in [0.717, 1.165) is 51.3 Å². The van der Waals surface area contributed by atoms with Crippen molar-refractivity contribution in [2.75, 3.05) is 0 Å². The fraction of sp³-hybridized carbons (Fsp3) is 0.250. The number of fused-ring (bicyclic) bond motifs is 2. The Hall–Kier alpha value is -2.92. The number of nitrogens with zero attached hydrogens (tertiary/aromatic N) is 2. The molecule has 0 unspecified atom stereocenters. The maximum atomic E-state index is 13.1. The Morgan fingerprint density at radius 2 is 1.93 bits per heavy atom. The van der Waals surface area contributed by atoms with Gasteiger partial charge in [0, 0.05) is 5.39 Å². The predicted molar refractivity (Wildman–Crippen MR) is 118 cm³/mol. The topological polar surface area (TPSA) is 46.9 Å². The van der Waals surface area contributed by atoms with E-state index in [9.17, 15) is 4.79 Å². The van der Waals surface area contributed by atoms with Gasteiger partial charge >= 0.3 is 0 Å². The molecule has 0 saturated heterocycles. The fourth-order valence-corrected chi connectivity index (χ4v) is 5.34. The Bertz CT molecular complexity index is 1220. The van der Waals surface area contributed by atoms with E-state index in [-0.39, 0.29) is 11.9 Å². The summed E-state index contributed by atoms with van der Waals surface area (Å²) >= 11 is 1.51. The number of thiophene rings is 1. The van der Waals surface area contributed by atoms with Crippen molar-refractivity contribution in [1.82, 2.24) is 15.1 Å². The van der Waals surface area contributed by atoms with Crippen molar-refractivity contribution in [2.24, 2.45) is 0 Å². The highest BCUT2D eigenvalue weighted by Gasteiger charge is 2.24. The Morgan fingerprint density at radius 1 is 1.14 bits per heavy atom. The number of carbonyl (C=O) groups excluding carboxylic acids is 1. The van der Waals surface area contributed by atoms with E-state index >= 15 is 0 Å². The average molecular weight is 402 g/mol. The minimum absolute atomic E-state index is 0.00337. The van der Waals surface area contributed by atoms with Crippen molar-refractivity contribution in [3.05, 3.63) is 81.9 Å². The molecular weight excluding hydrogens is 378 g/mol. The van der Waals surface area contributed by atoms with Crippen molar-refractivity contribution >= 4 is 27.5 Å². The Labute approximate surface area is 174 Å². The number of aryl methyl sites for hydroxylation is 3. The van der Waals surface area contributed by atoms with Crippen LogP contribution < -0.4 is 5.32 Å². The normalized spacial score (nSPS) is 16.0. The van der Waals surface area contributed by atoms with Gasteiger partial charge in [-0.1, -0.05) is 42.5 Å². The smallest absolute Gasteiger partial charge is 0.261 e. The molecule has 1 aliphatic carbocycles. The summed E-state index contributed by atoms with van der Waals surface area (Å²) in [5.41, 5.74) is 5.78. The molecule has 0 saturated carbocycles. The van der Waals surface area contributed by atoms with Gasteiger partial charge in [-0.2, -0.15) is 5.10 Å². The maximum Gasteiger partial charge on any atom is 0.261 e. The van der Waals surface area contributed by atoms with Gasteiger partial charge in [0.25, 0.3) is 5.91 Å². The molecule has 2 heterocycles. The number of rotatable bonds is 3. The molecule has 0 aliphatic heterocycles. The van der Waals surface area contributed by atoms with Gasteiger partial charge in [0.1, 0.15) is 4.83 Å². The maximum absolute atomic E-state index is 13.1. The monoisotopic (exact) mass is 401 g/mol. The molecule has 1 aliphatic rings. The third-order valence-corrected chi connectivity index (χ3v) is 6.90. The van der Waals surface area contributed by atoms with E-state index in [1.165, 1.54) is 22.5 Å². The van der Waals surface area contributed by atoms with Gasteiger partial charge in [-0.3, -0.25) is 4.79 Å². The third kappa shape index (κ3) is 3.15. The number of hydrogen-bond donors (Lipinski definition) is 1. The zero-order chi connectivity index (χ0) is 20.0. The second-order valence-corrected chi connectivity index (χ2v) is 8.76. The van der Waals surface area contributed by atoms with E-state index in [4.69, 9.17) is 5.10 Å². The number of benzene rings is 2. The van der Waals surface area contributed by atoms with E-state index in [1.807, 2.05) is 29.8 Å². The summed E-state index contributed by atoms with van der Waals surface area (Å²) in [6.45, 7) is 4.09. The molecule has 2 aromatic carbocycles. The highest BCUT2D eigenvalue weighted by molar-refractivity contribution is 7.20. The first-order valence-electron chi connectivity index (χ1n) is 10.1. The molecule has 1 amide bonds. The summed E-state index contributed by atoms with van der Waals surface area (Å²) in [4.78, 5) is 14.8. The molecule has 146 valence electrons. The van der Waals surface area contributed by atoms with Crippen LogP contribution in [0, 0.1) is 13.8 Å². The van der Waals surface area contributed by atoms with Crippen LogP contribution in [0.2, 0.25) is 0 Å². The second-order valence-electron chi connectivity index (χ2n) is 7.73. The zero-order valence-electron chi connectivity index (χ0n) is 16.6. The SMILES string of the molecule is Cc1ccccc1-n1nc(C)c2cc(C(=O)N[C@@H]3CCCc4ccccc43)sc21. The molecule has 0 spiro atoms.